The van der Waals surface area contributed by atoms with Gasteiger partial charge in [-0.25, -0.2) is 8.42 Å². The third-order valence-electron chi connectivity index (χ3n) is 2.49. The largest absolute Gasteiger partial charge is 0.397 e. The first-order valence-corrected chi connectivity index (χ1v) is 7.31. The molecule has 1 aromatic heterocycles. The fourth-order valence-corrected chi connectivity index (χ4v) is 2.16. The summed E-state index contributed by atoms with van der Waals surface area (Å²) in [5.74, 6) is -0.344. The van der Waals surface area contributed by atoms with E-state index >= 15 is 0 Å². The molecule has 2 rings (SSSR count). The minimum atomic E-state index is -3.23. The lowest BCUT2D eigenvalue weighted by Crippen LogP contribution is -2.12. The number of nitrogens with one attached hydrogen (secondary N) is 2. The number of nitrogen functional groups attached to an aromatic ring is 1. The van der Waals surface area contributed by atoms with Crippen LogP contribution in [0.3, 0.4) is 0 Å². The van der Waals surface area contributed by atoms with Crippen molar-refractivity contribution in [1.29, 1.82) is 0 Å². The van der Waals surface area contributed by atoms with Gasteiger partial charge in [0.2, 0.25) is 0 Å². The Kier molecular flexibility index (Phi) is 3.30. The maximum atomic E-state index is 11.8. The number of anilines is 2. The van der Waals surface area contributed by atoms with Crippen LogP contribution in [0.15, 0.2) is 41.4 Å². The number of rotatable bonds is 3. The van der Waals surface area contributed by atoms with Crippen LogP contribution in [0.2, 0.25) is 0 Å². The number of aromatic amines is 1. The molecule has 0 saturated heterocycles. The van der Waals surface area contributed by atoms with Crippen molar-refractivity contribution in [2.45, 2.75) is 4.90 Å². The summed E-state index contributed by atoms with van der Waals surface area (Å²) in [6.07, 6.45) is 2.64. The highest BCUT2D eigenvalue weighted by atomic mass is 32.2. The van der Waals surface area contributed by atoms with Gasteiger partial charge in [0.1, 0.15) is 5.69 Å². The van der Waals surface area contributed by atoms with E-state index in [0.717, 1.165) is 6.26 Å². The topological polar surface area (TPSA) is 105 Å². The summed E-state index contributed by atoms with van der Waals surface area (Å²) >= 11 is 0. The minimum Gasteiger partial charge on any atom is -0.397 e. The molecule has 4 N–H and O–H groups in total. The van der Waals surface area contributed by atoms with Crippen LogP contribution in [0, 0.1) is 0 Å². The molecule has 2 aromatic rings. The highest BCUT2D eigenvalue weighted by Gasteiger charge is 2.10. The number of carbonyl (C=O) groups is 1. The first-order valence-electron chi connectivity index (χ1n) is 5.41. The van der Waals surface area contributed by atoms with Crippen LogP contribution in [0.1, 0.15) is 10.5 Å². The Hall–Kier alpha value is -2.28. The number of aromatic nitrogens is 1. The summed E-state index contributed by atoms with van der Waals surface area (Å²) in [5, 5.41) is 2.63. The quantitative estimate of drug-likeness (QED) is 0.786. The maximum Gasteiger partial charge on any atom is 0.272 e. The van der Waals surface area contributed by atoms with Crippen LogP contribution in [0.5, 0.6) is 0 Å². The summed E-state index contributed by atoms with van der Waals surface area (Å²) < 4.78 is 22.6. The number of hydrogen-bond donors (Lipinski definition) is 3. The van der Waals surface area contributed by atoms with Gasteiger partial charge in [0.05, 0.1) is 4.90 Å². The molecule has 6 nitrogen and oxygen atoms in total. The van der Waals surface area contributed by atoms with Gasteiger partial charge in [0.25, 0.3) is 5.91 Å². The van der Waals surface area contributed by atoms with Gasteiger partial charge >= 0.3 is 0 Å². The van der Waals surface area contributed by atoms with E-state index in [1.54, 1.807) is 0 Å². The highest BCUT2D eigenvalue weighted by Crippen LogP contribution is 2.15. The van der Waals surface area contributed by atoms with Gasteiger partial charge in [-0.1, -0.05) is 0 Å². The number of carbonyl (C=O) groups excluding carboxylic acids is 1. The number of hydrogen-bond acceptors (Lipinski definition) is 4. The van der Waals surface area contributed by atoms with Crippen molar-refractivity contribution in [2.75, 3.05) is 17.3 Å². The SMILES string of the molecule is CS(=O)(=O)c1ccc(NC(=O)c2cc(N)c[nH]2)cc1. The first-order chi connectivity index (χ1) is 8.86. The Labute approximate surface area is 110 Å². The molecule has 7 heteroatoms. The van der Waals surface area contributed by atoms with Crippen LogP contribution < -0.4 is 11.1 Å². The van der Waals surface area contributed by atoms with E-state index in [-0.39, 0.29) is 10.8 Å². The van der Waals surface area contributed by atoms with Gasteiger partial charge in [-0.3, -0.25) is 4.79 Å². The summed E-state index contributed by atoms with van der Waals surface area (Å²) in [6.45, 7) is 0. The third-order valence-corrected chi connectivity index (χ3v) is 3.62. The Balaban J connectivity index is 2.14. The van der Waals surface area contributed by atoms with Gasteiger partial charge in [0, 0.05) is 23.8 Å². The summed E-state index contributed by atoms with van der Waals surface area (Å²) in [7, 11) is -3.23. The van der Waals surface area contributed by atoms with E-state index in [1.165, 1.54) is 36.5 Å². The number of sulfone groups is 1. The molecule has 1 amide bonds. The first kappa shape index (κ1) is 13.2. The second-order valence-electron chi connectivity index (χ2n) is 4.10. The van der Waals surface area contributed by atoms with E-state index in [1.807, 2.05) is 0 Å². The van der Waals surface area contributed by atoms with Crippen molar-refractivity contribution in [3.63, 3.8) is 0 Å². The van der Waals surface area contributed by atoms with Gasteiger partial charge < -0.3 is 16.0 Å². The molecule has 0 atom stereocenters. The lowest BCUT2D eigenvalue weighted by Gasteiger charge is -2.04. The number of nitrogens with two attached hydrogens (primary N) is 1. The Morgan fingerprint density at radius 3 is 2.37 bits per heavy atom. The summed E-state index contributed by atoms with van der Waals surface area (Å²) in [4.78, 5) is 14.7. The van der Waals surface area contributed by atoms with E-state index in [2.05, 4.69) is 10.3 Å². The van der Waals surface area contributed by atoms with Crippen molar-refractivity contribution in [3.8, 4) is 0 Å². The van der Waals surface area contributed by atoms with Crippen molar-refractivity contribution in [1.82, 2.24) is 4.98 Å². The molecule has 0 aliphatic rings. The summed E-state index contributed by atoms with van der Waals surface area (Å²) in [5.41, 5.74) is 6.81. The molecule has 0 aliphatic carbocycles. The van der Waals surface area contributed by atoms with E-state index in [4.69, 9.17) is 5.73 Å². The molecule has 0 radical (unpaired) electrons. The molecule has 0 bridgehead atoms. The molecular weight excluding hydrogens is 266 g/mol. The van der Waals surface area contributed by atoms with Crippen LogP contribution in [0.4, 0.5) is 11.4 Å². The molecular formula is C12H13N3O3S. The van der Waals surface area contributed by atoms with Crippen molar-refractivity contribution < 1.29 is 13.2 Å². The Morgan fingerprint density at radius 1 is 1.26 bits per heavy atom. The van der Waals surface area contributed by atoms with Crippen molar-refractivity contribution in [2.24, 2.45) is 0 Å². The van der Waals surface area contributed by atoms with Crippen molar-refractivity contribution in [3.05, 3.63) is 42.2 Å². The van der Waals surface area contributed by atoms with Crippen molar-refractivity contribution >= 4 is 27.1 Å². The molecule has 0 aliphatic heterocycles. The van der Waals surface area contributed by atoms with Crippen LogP contribution in [-0.2, 0) is 9.84 Å². The Bertz CT molecular complexity index is 702. The normalized spacial score (nSPS) is 11.2. The fraction of sp³-hybridized carbons (Fsp3) is 0.0833. The molecule has 0 spiro atoms. The molecule has 0 saturated carbocycles. The number of amides is 1. The molecule has 19 heavy (non-hydrogen) atoms. The molecule has 0 fully saturated rings. The van der Waals surface area contributed by atoms with Gasteiger partial charge in [0.15, 0.2) is 9.84 Å². The molecule has 1 aromatic carbocycles. The number of H-pyrrole nitrogens is 1. The lowest BCUT2D eigenvalue weighted by molar-refractivity contribution is 0.102. The fourth-order valence-electron chi connectivity index (χ4n) is 1.53. The predicted molar refractivity (Wildman–Crippen MR) is 72.7 cm³/mol. The van der Waals surface area contributed by atoms with E-state index in [0.29, 0.717) is 17.1 Å². The highest BCUT2D eigenvalue weighted by molar-refractivity contribution is 7.90. The van der Waals surface area contributed by atoms with Gasteiger partial charge in [-0.2, -0.15) is 0 Å². The zero-order valence-electron chi connectivity index (χ0n) is 10.2. The maximum absolute atomic E-state index is 11.8. The Morgan fingerprint density at radius 2 is 1.89 bits per heavy atom. The average molecular weight is 279 g/mol. The molecule has 1 heterocycles. The zero-order valence-corrected chi connectivity index (χ0v) is 11.0. The monoisotopic (exact) mass is 279 g/mol. The smallest absolute Gasteiger partial charge is 0.272 e. The molecule has 100 valence electrons. The van der Waals surface area contributed by atoms with Crippen LogP contribution in [-0.4, -0.2) is 25.6 Å². The molecule has 0 unspecified atom stereocenters. The van der Waals surface area contributed by atoms with E-state index in [9.17, 15) is 13.2 Å². The third kappa shape index (κ3) is 3.14. The van der Waals surface area contributed by atoms with Crippen LogP contribution >= 0.6 is 0 Å². The van der Waals surface area contributed by atoms with E-state index < -0.39 is 9.84 Å². The summed E-state index contributed by atoms with van der Waals surface area (Å²) in [6, 6.07) is 7.45. The van der Waals surface area contributed by atoms with Gasteiger partial charge in [-0.05, 0) is 30.3 Å². The average Bonchev–Trinajstić information content (AvgIpc) is 2.75. The lowest BCUT2D eigenvalue weighted by atomic mass is 10.3. The standard InChI is InChI=1S/C12H13N3O3S/c1-19(17,18)10-4-2-9(3-5-10)15-12(16)11-6-8(13)7-14-11/h2-7,14H,13H2,1H3,(H,15,16). The zero-order chi connectivity index (χ0) is 14.0. The van der Waals surface area contributed by atoms with Gasteiger partial charge in [-0.15, -0.1) is 0 Å². The second kappa shape index (κ2) is 4.77. The van der Waals surface area contributed by atoms with Crippen LogP contribution in [0.25, 0.3) is 0 Å². The number of benzene rings is 1. The second-order valence-corrected chi connectivity index (χ2v) is 6.11. The minimum absolute atomic E-state index is 0.203. The predicted octanol–water partition coefficient (Wildman–Crippen LogP) is 1.25.